The highest BCUT2D eigenvalue weighted by Crippen LogP contribution is 2.17. The number of nitrogens with zero attached hydrogens (tertiary/aromatic N) is 2. The summed E-state index contributed by atoms with van der Waals surface area (Å²) in [6, 6.07) is 17.4. The molecule has 0 saturated heterocycles. The zero-order valence-electron chi connectivity index (χ0n) is 30.4. The molecule has 2 aromatic rings. The minimum absolute atomic E-state index is 0. The summed E-state index contributed by atoms with van der Waals surface area (Å²) < 4.78 is 2.33. The summed E-state index contributed by atoms with van der Waals surface area (Å²) in [6.45, 7) is 6.94. The molecule has 0 atom stereocenters. The third-order valence-corrected chi connectivity index (χ3v) is 9.48. The molecule has 0 unspecified atom stereocenters. The van der Waals surface area contributed by atoms with Crippen LogP contribution in [0.5, 0.6) is 0 Å². The normalized spacial score (nSPS) is 11.3. The highest BCUT2D eigenvalue weighted by Gasteiger charge is 2.17. The molecule has 0 amide bonds. The lowest BCUT2D eigenvalue weighted by atomic mass is 10.0. The lowest BCUT2D eigenvalue weighted by Gasteiger charge is -2.19. The summed E-state index contributed by atoms with van der Waals surface area (Å²) in [5.41, 5.74) is 1.25. The predicted molar refractivity (Wildman–Crippen MR) is 202 cm³/mol. The summed E-state index contributed by atoms with van der Waals surface area (Å²) in [4.78, 5) is 2.67. The van der Waals surface area contributed by atoms with Crippen molar-refractivity contribution in [1.29, 1.82) is 0 Å². The largest absolute Gasteiger partial charge is 1.00 e. The van der Waals surface area contributed by atoms with Crippen LogP contribution in [0.15, 0.2) is 54.7 Å². The topological polar surface area (TPSA) is 7.12 Å². The molecule has 0 fully saturated rings. The maximum absolute atomic E-state index is 2.67. The molecule has 1 aromatic heterocycles. The van der Waals surface area contributed by atoms with E-state index < -0.39 is 0 Å². The first-order valence-corrected chi connectivity index (χ1v) is 19.8. The van der Waals surface area contributed by atoms with Gasteiger partial charge in [-0.15, -0.1) is 0 Å². The summed E-state index contributed by atoms with van der Waals surface area (Å²) in [5.74, 6) is 1.34. The molecule has 0 bridgehead atoms. The van der Waals surface area contributed by atoms with E-state index in [1.807, 2.05) is 0 Å². The van der Waals surface area contributed by atoms with Crippen LogP contribution in [-0.2, 0) is 0 Å². The molecular weight excluding hydrogens is 671 g/mol. The number of halogens is 1. The van der Waals surface area contributed by atoms with Crippen molar-refractivity contribution in [2.75, 3.05) is 18.0 Å². The monoisotopic (exact) mass is 744 g/mol. The number of hydrogen-bond acceptors (Lipinski definition) is 1. The van der Waals surface area contributed by atoms with Crippen molar-refractivity contribution in [2.45, 2.75) is 181 Å². The number of pyridine rings is 1. The zero-order valence-corrected chi connectivity index (χ0v) is 32.6. The van der Waals surface area contributed by atoms with E-state index in [1.165, 1.54) is 191 Å². The van der Waals surface area contributed by atoms with E-state index in [0.29, 0.717) is 0 Å². The van der Waals surface area contributed by atoms with Crippen molar-refractivity contribution in [2.24, 2.45) is 0 Å². The van der Waals surface area contributed by atoms with Crippen LogP contribution in [-0.4, -0.2) is 13.1 Å². The van der Waals surface area contributed by atoms with Gasteiger partial charge in [0, 0.05) is 6.07 Å². The molecule has 0 N–H and O–H groups in total. The number of aromatic nitrogens is 1. The summed E-state index contributed by atoms with van der Waals surface area (Å²) >= 11 is 0. The molecule has 0 aliphatic rings. The van der Waals surface area contributed by atoms with Gasteiger partial charge in [-0.05, 0) is 43.4 Å². The highest BCUT2D eigenvalue weighted by atomic mass is 127. The van der Waals surface area contributed by atoms with E-state index in [-0.39, 0.29) is 24.0 Å². The molecule has 0 aliphatic heterocycles. The van der Waals surface area contributed by atoms with Crippen molar-refractivity contribution in [1.82, 2.24) is 0 Å². The molecule has 1 aromatic carbocycles. The van der Waals surface area contributed by atoms with Gasteiger partial charge in [0.15, 0.2) is 0 Å². The molecule has 0 spiro atoms. The standard InChI is InChI=1S/C43H73N2.HI/c1-3-5-7-9-11-13-15-17-19-21-23-25-31-38-44(39-32-26-24-22-20-18-16-14-12-10-8-6-4-2)43-36-30-33-40-45(43)41-37-42-34-28-27-29-35-42;/h27-30,33-37,40-41H,3-26,31-32,38-39H2,1-2H3;1H/q+1;/p-1. The van der Waals surface area contributed by atoms with Gasteiger partial charge >= 0.3 is 0 Å². The Morgan fingerprint density at radius 2 is 0.826 bits per heavy atom. The van der Waals surface area contributed by atoms with Crippen LogP contribution in [0.3, 0.4) is 0 Å². The van der Waals surface area contributed by atoms with Crippen LogP contribution in [0.25, 0.3) is 12.3 Å². The van der Waals surface area contributed by atoms with Gasteiger partial charge in [0.2, 0.25) is 0 Å². The second kappa shape index (κ2) is 32.2. The first-order valence-electron chi connectivity index (χ1n) is 19.8. The Hall–Kier alpha value is -1.36. The second-order valence-corrected chi connectivity index (χ2v) is 13.7. The van der Waals surface area contributed by atoms with Gasteiger partial charge in [-0.1, -0.05) is 192 Å². The van der Waals surface area contributed by atoms with E-state index in [0.717, 1.165) is 0 Å². The third-order valence-electron chi connectivity index (χ3n) is 9.48. The molecule has 2 nitrogen and oxygen atoms in total. The average molecular weight is 745 g/mol. The van der Waals surface area contributed by atoms with Gasteiger partial charge in [0.05, 0.1) is 25.5 Å². The Labute approximate surface area is 304 Å². The van der Waals surface area contributed by atoms with Crippen LogP contribution in [0, 0.1) is 0 Å². The van der Waals surface area contributed by atoms with E-state index in [2.05, 4.69) is 90.3 Å². The van der Waals surface area contributed by atoms with Gasteiger partial charge in [-0.25, -0.2) is 4.57 Å². The summed E-state index contributed by atoms with van der Waals surface area (Å²) in [6.07, 6.45) is 43.4. The SMILES string of the molecule is CCCCCCCCCCCCCCCN(CCCCCCCCCCCCCCC)c1cccc[n+]1C=Cc1ccccc1.[I-]. The first-order chi connectivity index (χ1) is 22.3. The zero-order chi connectivity index (χ0) is 31.9. The average Bonchev–Trinajstić information content (AvgIpc) is 3.07. The minimum atomic E-state index is 0. The van der Waals surface area contributed by atoms with Crippen LogP contribution >= 0.6 is 0 Å². The smallest absolute Gasteiger partial charge is 0.281 e. The number of unbranched alkanes of at least 4 members (excludes halogenated alkanes) is 24. The Morgan fingerprint density at radius 1 is 0.457 bits per heavy atom. The van der Waals surface area contributed by atoms with Gasteiger partial charge in [-0.2, -0.15) is 0 Å². The van der Waals surface area contributed by atoms with Crippen LogP contribution in [0.1, 0.15) is 186 Å². The van der Waals surface area contributed by atoms with Crippen molar-refractivity contribution < 1.29 is 28.5 Å². The molecule has 1 heterocycles. The molecule has 0 radical (unpaired) electrons. The van der Waals surface area contributed by atoms with Crippen LogP contribution in [0.2, 0.25) is 0 Å². The van der Waals surface area contributed by atoms with Gasteiger partial charge in [-0.3, -0.25) is 4.90 Å². The molecule has 0 saturated carbocycles. The fourth-order valence-electron chi connectivity index (χ4n) is 6.55. The van der Waals surface area contributed by atoms with Crippen molar-refractivity contribution in [3.8, 4) is 0 Å². The quantitative estimate of drug-likeness (QED) is 0.0424. The van der Waals surface area contributed by atoms with Crippen molar-refractivity contribution in [3.63, 3.8) is 0 Å². The molecular formula is C43H73IN2. The fraction of sp³-hybridized carbons (Fsp3) is 0.698. The van der Waals surface area contributed by atoms with Crippen molar-refractivity contribution in [3.05, 3.63) is 60.3 Å². The fourth-order valence-corrected chi connectivity index (χ4v) is 6.55. The highest BCUT2D eigenvalue weighted by molar-refractivity contribution is 5.57. The maximum Gasteiger partial charge on any atom is 0.281 e. The van der Waals surface area contributed by atoms with Crippen LogP contribution < -0.4 is 33.4 Å². The van der Waals surface area contributed by atoms with Gasteiger partial charge in [0.25, 0.3) is 5.82 Å². The second-order valence-electron chi connectivity index (χ2n) is 13.7. The molecule has 3 heteroatoms. The van der Waals surface area contributed by atoms with Gasteiger partial charge in [0.1, 0.15) is 0 Å². The Balaban J connectivity index is 0.0000106. The molecule has 2 rings (SSSR count). The number of rotatable bonds is 31. The predicted octanol–water partition coefficient (Wildman–Crippen LogP) is 10.6. The van der Waals surface area contributed by atoms with Crippen molar-refractivity contribution >= 4 is 18.1 Å². The molecule has 262 valence electrons. The van der Waals surface area contributed by atoms with Gasteiger partial charge < -0.3 is 24.0 Å². The maximum atomic E-state index is 2.67. The summed E-state index contributed by atoms with van der Waals surface area (Å²) in [7, 11) is 0. The lowest BCUT2D eigenvalue weighted by molar-refractivity contribution is -0.554. The van der Waals surface area contributed by atoms with E-state index in [4.69, 9.17) is 0 Å². The van der Waals surface area contributed by atoms with E-state index >= 15 is 0 Å². The third kappa shape index (κ3) is 23.0. The number of anilines is 1. The lowest BCUT2D eigenvalue weighted by Crippen LogP contribution is -3.00. The van der Waals surface area contributed by atoms with E-state index in [9.17, 15) is 0 Å². The Morgan fingerprint density at radius 3 is 1.24 bits per heavy atom. The first kappa shape index (κ1) is 42.7. The number of benzene rings is 1. The minimum Gasteiger partial charge on any atom is -1.00 e. The number of hydrogen-bond donors (Lipinski definition) is 0. The summed E-state index contributed by atoms with van der Waals surface area (Å²) in [5, 5.41) is 0. The Kier molecular flexibility index (Phi) is 29.9. The molecule has 0 aliphatic carbocycles. The molecule has 46 heavy (non-hydrogen) atoms. The van der Waals surface area contributed by atoms with Crippen LogP contribution in [0.4, 0.5) is 5.82 Å². The Bertz CT molecular complexity index is 897. The van der Waals surface area contributed by atoms with E-state index in [1.54, 1.807) is 0 Å².